The van der Waals surface area contributed by atoms with Crippen molar-refractivity contribution in [1.82, 2.24) is 20.4 Å². The van der Waals surface area contributed by atoms with Crippen LogP contribution in [-0.2, 0) is 9.59 Å². The van der Waals surface area contributed by atoms with Crippen LogP contribution in [0.25, 0.3) is 0 Å². The number of aryl methyl sites for hydroxylation is 1. The number of benzene rings is 1. The number of carbonyl (C=O) groups excluding carboxylic acids is 2. The Morgan fingerprint density at radius 1 is 1.33 bits per heavy atom. The van der Waals surface area contributed by atoms with Crippen molar-refractivity contribution in [3.05, 3.63) is 51.9 Å². The van der Waals surface area contributed by atoms with Crippen LogP contribution in [0.1, 0.15) is 15.4 Å². The summed E-state index contributed by atoms with van der Waals surface area (Å²) in [7, 11) is 0. The summed E-state index contributed by atoms with van der Waals surface area (Å²) in [6.45, 7) is 1.84. The summed E-state index contributed by atoms with van der Waals surface area (Å²) in [4.78, 5) is 38.1. The third-order valence-electron chi connectivity index (χ3n) is 4.52. The maximum atomic E-state index is 13.0. The molecule has 2 aromatic rings. The molecule has 2 aliphatic rings. The maximum Gasteiger partial charge on any atom is 0.352 e. The van der Waals surface area contributed by atoms with Gasteiger partial charge in [-0.1, -0.05) is 23.1 Å². The van der Waals surface area contributed by atoms with Crippen LogP contribution in [0, 0.1) is 12.7 Å². The van der Waals surface area contributed by atoms with Gasteiger partial charge in [-0.3, -0.25) is 14.5 Å². The van der Waals surface area contributed by atoms with E-state index in [1.807, 2.05) is 6.92 Å². The standard InChI is InChI=1S/C18H15FN4O4S3/c1-8-21-22-18(30-8)29-7-10-6-28-16-12(15(25)23(16)13(10)17(26)27)20-14(24)9-2-4-11(19)5-3-9/h2-5,12,16H,6-7H2,1H3,(H,20,24)(H,26,27)/t12-,16+/m0/s1. The number of nitrogens with zero attached hydrogens (tertiary/aromatic N) is 3. The molecular weight excluding hydrogens is 451 g/mol. The van der Waals surface area contributed by atoms with E-state index in [2.05, 4.69) is 15.5 Å². The van der Waals surface area contributed by atoms with Crippen LogP contribution < -0.4 is 5.32 Å². The van der Waals surface area contributed by atoms with E-state index in [0.717, 1.165) is 21.5 Å². The molecule has 2 atom stereocenters. The van der Waals surface area contributed by atoms with Crippen molar-refractivity contribution in [1.29, 1.82) is 0 Å². The minimum Gasteiger partial charge on any atom is -0.477 e. The summed E-state index contributed by atoms with van der Waals surface area (Å²) >= 11 is 4.20. The summed E-state index contributed by atoms with van der Waals surface area (Å²) in [6, 6.07) is 4.14. The molecule has 1 fully saturated rings. The number of thioether (sulfide) groups is 2. The van der Waals surface area contributed by atoms with Crippen LogP contribution in [0.3, 0.4) is 0 Å². The van der Waals surface area contributed by atoms with Gasteiger partial charge in [0.1, 0.15) is 27.9 Å². The number of β-lactam (4-membered cyclic amide) rings is 1. The van der Waals surface area contributed by atoms with E-state index in [-0.39, 0.29) is 11.3 Å². The highest BCUT2D eigenvalue weighted by atomic mass is 32.2. The SMILES string of the molecule is Cc1nnc(SCC2=C(C(=O)O)N3C(=O)[C@H](NC(=O)c4ccc(F)cc4)[C@H]3SC2)s1. The molecule has 1 saturated heterocycles. The first-order valence-electron chi connectivity index (χ1n) is 8.74. The van der Waals surface area contributed by atoms with Gasteiger partial charge in [-0.15, -0.1) is 22.0 Å². The molecule has 2 aliphatic heterocycles. The van der Waals surface area contributed by atoms with Crippen molar-refractivity contribution in [2.45, 2.75) is 22.7 Å². The zero-order valence-corrected chi connectivity index (χ0v) is 17.9. The Labute approximate surface area is 182 Å². The third-order valence-corrected chi connectivity index (χ3v) is 7.92. The zero-order chi connectivity index (χ0) is 21.4. The van der Waals surface area contributed by atoms with Crippen LogP contribution in [0.4, 0.5) is 4.39 Å². The van der Waals surface area contributed by atoms with Crippen LogP contribution in [0.15, 0.2) is 39.9 Å². The van der Waals surface area contributed by atoms with Crippen molar-refractivity contribution in [2.75, 3.05) is 11.5 Å². The Bertz CT molecular complexity index is 1060. The van der Waals surface area contributed by atoms with Crippen LogP contribution in [-0.4, -0.2) is 60.9 Å². The Morgan fingerprint density at radius 2 is 2.07 bits per heavy atom. The van der Waals surface area contributed by atoms with Crippen molar-refractivity contribution in [3.63, 3.8) is 0 Å². The molecule has 156 valence electrons. The summed E-state index contributed by atoms with van der Waals surface area (Å²) in [5.41, 5.74) is 0.810. The van der Waals surface area contributed by atoms with Crippen molar-refractivity contribution in [3.8, 4) is 0 Å². The largest absolute Gasteiger partial charge is 0.477 e. The maximum absolute atomic E-state index is 13.0. The molecule has 4 rings (SSSR count). The van der Waals surface area contributed by atoms with E-state index in [4.69, 9.17) is 0 Å². The van der Waals surface area contributed by atoms with E-state index in [9.17, 15) is 23.9 Å². The molecule has 30 heavy (non-hydrogen) atoms. The number of carboxylic acids is 1. The second kappa shape index (κ2) is 8.36. The fourth-order valence-corrected chi connectivity index (χ4v) is 6.41. The van der Waals surface area contributed by atoms with E-state index in [1.165, 1.54) is 51.9 Å². The summed E-state index contributed by atoms with van der Waals surface area (Å²) < 4.78 is 13.8. The zero-order valence-electron chi connectivity index (χ0n) is 15.5. The highest BCUT2D eigenvalue weighted by Crippen LogP contribution is 2.41. The Kier molecular flexibility index (Phi) is 5.80. The number of hydrogen-bond donors (Lipinski definition) is 2. The van der Waals surface area contributed by atoms with Gasteiger partial charge in [0.2, 0.25) is 0 Å². The molecule has 8 nitrogen and oxygen atoms in total. The lowest BCUT2D eigenvalue weighted by atomic mass is 10.0. The van der Waals surface area contributed by atoms with Gasteiger partial charge in [0.25, 0.3) is 11.8 Å². The Morgan fingerprint density at radius 3 is 2.70 bits per heavy atom. The van der Waals surface area contributed by atoms with Crippen LogP contribution >= 0.6 is 34.9 Å². The Balaban J connectivity index is 1.47. The van der Waals surface area contributed by atoms with E-state index in [1.54, 1.807) is 0 Å². The molecule has 12 heteroatoms. The van der Waals surface area contributed by atoms with Crippen molar-refractivity contribution >= 4 is 52.6 Å². The number of amides is 2. The minimum atomic E-state index is -1.18. The number of nitrogens with one attached hydrogen (secondary N) is 1. The Hall–Kier alpha value is -2.44. The van der Waals surface area contributed by atoms with Gasteiger partial charge in [-0.05, 0) is 36.8 Å². The average Bonchev–Trinajstić information content (AvgIpc) is 3.15. The predicted molar refractivity (Wildman–Crippen MR) is 111 cm³/mol. The normalized spacial score (nSPS) is 20.6. The molecular formula is C18H15FN4O4S3. The molecule has 1 aromatic carbocycles. The van der Waals surface area contributed by atoms with Crippen LogP contribution in [0.5, 0.6) is 0 Å². The second-order valence-corrected chi connectivity index (χ2v) is 10.0. The number of hydrogen-bond acceptors (Lipinski definition) is 8. The first kappa shape index (κ1) is 20.8. The van der Waals surface area contributed by atoms with Gasteiger partial charge in [0.15, 0.2) is 4.34 Å². The number of carboxylic acid groups (broad SMARTS) is 1. The molecule has 0 spiro atoms. The van der Waals surface area contributed by atoms with Gasteiger partial charge in [0.05, 0.1) is 0 Å². The summed E-state index contributed by atoms with van der Waals surface area (Å²) in [5.74, 6) is -1.83. The highest BCUT2D eigenvalue weighted by Gasteiger charge is 2.54. The van der Waals surface area contributed by atoms with Gasteiger partial charge >= 0.3 is 5.97 Å². The first-order valence-corrected chi connectivity index (χ1v) is 11.6. The number of aliphatic carboxylic acids is 1. The molecule has 2 amide bonds. The minimum absolute atomic E-state index is 0.0373. The smallest absolute Gasteiger partial charge is 0.352 e. The number of aromatic nitrogens is 2. The quantitative estimate of drug-likeness (QED) is 0.492. The van der Waals surface area contributed by atoms with E-state index >= 15 is 0 Å². The molecule has 0 radical (unpaired) electrons. The lowest BCUT2D eigenvalue weighted by Crippen LogP contribution is -2.70. The fourth-order valence-electron chi connectivity index (χ4n) is 3.11. The molecule has 1 aromatic heterocycles. The van der Waals surface area contributed by atoms with Crippen molar-refractivity contribution in [2.24, 2.45) is 0 Å². The summed E-state index contributed by atoms with van der Waals surface area (Å²) in [5, 5.41) is 20.6. The molecule has 3 heterocycles. The predicted octanol–water partition coefficient (Wildman–Crippen LogP) is 2.13. The van der Waals surface area contributed by atoms with Crippen LogP contribution in [0.2, 0.25) is 0 Å². The molecule has 0 unspecified atom stereocenters. The number of halogens is 1. The number of carbonyl (C=O) groups is 3. The lowest BCUT2D eigenvalue weighted by molar-refractivity contribution is -0.148. The first-order chi connectivity index (χ1) is 14.3. The monoisotopic (exact) mass is 466 g/mol. The van der Waals surface area contributed by atoms with E-state index in [0.29, 0.717) is 17.1 Å². The highest BCUT2D eigenvalue weighted by molar-refractivity contribution is 8.01. The molecule has 0 aliphatic carbocycles. The van der Waals surface area contributed by atoms with Gasteiger partial charge in [-0.2, -0.15) is 0 Å². The molecule has 0 saturated carbocycles. The third kappa shape index (κ3) is 3.94. The van der Waals surface area contributed by atoms with Gasteiger partial charge in [0, 0.05) is 17.1 Å². The summed E-state index contributed by atoms with van der Waals surface area (Å²) in [6.07, 6.45) is 0. The van der Waals surface area contributed by atoms with E-state index < -0.39 is 35.0 Å². The lowest BCUT2D eigenvalue weighted by Gasteiger charge is -2.49. The topological polar surface area (TPSA) is 112 Å². The molecule has 2 N–H and O–H groups in total. The van der Waals surface area contributed by atoms with Gasteiger partial charge < -0.3 is 10.4 Å². The average molecular weight is 467 g/mol. The number of fused-ring (bicyclic) bond motifs is 1. The molecule has 0 bridgehead atoms. The fraction of sp³-hybridized carbons (Fsp3) is 0.278. The van der Waals surface area contributed by atoms with Crippen molar-refractivity contribution < 1.29 is 23.9 Å². The number of rotatable bonds is 6. The van der Waals surface area contributed by atoms with Gasteiger partial charge in [-0.25, -0.2) is 9.18 Å². The second-order valence-electron chi connectivity index (χ2n) is 6.50.